The first-order valence-corrected chi connectivity index (χ1v) is 11.2. The molecule has 9 heteroatoms. The molecule has 0 fully saturated rings. The molecular formula is C25H29N3O6. The minimum Gasteiger partial charge on any atom is -0.475 e. The second-order valence-electron chi connectivity index (χ2n) is 7.41. The number of hydrogen-bond donors (Lipinski definition) is 2. The molecule has 3 aromatic heterocycles. The molecule has 0 saturated heterocycles. The number of pyridine rings is 2. The van der Waals surface area contributed by atoms with Gasteiger partial charge in [0.15, 0.2) is 0 Å². The van der Waals surface area contributed by atoms with Gasteiger partial charge < -0.3 is 33.8 Å². The molecule has 0 unspecified atom stereocenters. The molecule has 2 N–H and O–H groups in total. The van der Waals surface area contributed by atoms with E-state index in [1.165, 1.54) is 0 Å². The van der Waals surface area contributed by atoms with Crippen LogP contribution in [0.1, 0.15) is 0 Å². The van der Waals surface area contributed by atoms with Gasteiger partial charge >= 0.3 is 0 Å². The molecule has 0 saturated carbocycles. The molecule has 4 aromatic rings. The number of aromatic nitrogens is 3. The van der Waals surface area contributed by atoms with Gasteiger partial charge in [-0.05, 0) is 23.8 Å². The highest BCUT2D eigenvalue weighted by Crippen LogP contribution is 2.29. The Morgan fingerprint density at radius 3 is 2.09 bits per heavy atom. The van der Waals surface area contributed by atoms with Crippen LogP contribution >= 0.6 is 0 Å². The van der Waals surface area contributed by atoms with Gasteiger partial charge in [-0.25, -0.2) is 4.98 Å². The Labute approximate surface area is 197 Å². The number of H-pyrrole nitrogens is 1. The molecule has 0 aliphatic heterocycles. The van der Waals surface area contributed by atoms with Crippen molar-refractivity contribution in [3.8, 4) is 17.0 Å². The Kier molecular flexibility index (Phi) is 9.18. The van der Waals surface area contributed by atoms with Gasteiger partial charge in [-0.3, -0.25) is 4.98 Å². The number of rotatable bonds is 15. The maximum atomic E-state index is 8.46. The number of fused-ring (bicyclic) bond motifs is 3. The zero-order valence-corrected chi connectivity index (χ0v) is 18.9. The van der Waals surface area contributed by atoms with Crippen LogP contribution in [0.3, 0.4) is 0 Å². The molecule has 34 heavy (non-hydrogen) atoms. The molecule has 9 nitrogen and oxygen atoms in total. The van der Waals surface area contributed by atoms with Crippen LogP contribution in [0.15, 0.2) is 55.0 Å². The highest BCUT2D eigenvalue weighted by Gasteiger charge is 2.07. The normalized spacial score (nSPS) is 11.4. The van der Waals surface area contributed by atoms with E-state index in [1.54, 1.807) is 6.20 Å². The van der Waals surface area contributed by atoms with Crippen molar-refractivity contribution in [2.75, 3.05) is 59.6 Å². The van der Waals surface area contributed by atoms with Crippen molar-refractivity contribution in [3.05, 3.63) is 55.0 Å². The van der Waals surface area contributed by atoms with Crippen molar-refractivity contribution in [2.24, 2.45) is 0 Å². The van der Waals surface area contributed by atoms with Crippen LogP contribution in [-0.4, -0.2) is 79.7 Å². The van der Waals surface area contributed by atoms with Crippen molar-refractivity contribution in [2.45, 2.75) is 0 Å². The molecular weight excluding hydrogens is 438 g/mol. The van der Waals surface area contributed by atoms with E-state index in [4.69, 9.17) is 28.8 Å². The second kappa shape index (κ2) is 13.0. The fourth-order valence-electron chi connectivity index (χ4n) is 3.49. The van der Waals surface area contributed by atoms with Gasteiger partial charge in [0.1, 0.15) is 13.4 Å². The van der Waals surface area contributed by atoms with E-state index in [0.717, 1.165) is 32.9 Å². The largest absolute Gasteiger partial charge is 0.475 e. The lowest BCUT2D eigenvalue weighted by atomic mass is 10.1. The summed E-state index contributed by atoms with van der Waals surface area (Å²) in [4.78, 5) is 12.1. The van der Waals surface area contributed by atoms with E-state index in [2.05, 4.69) is 33.2 Å². The van der Waals surface area contributed by atoms with Crippen molar-refractivity contribution >= 4 is 21.8 Å². The summed E-state index contributed by atoms with van der Waals surface area (Å²) in [7, 11) is 0. The van der Waals surface area contributed by atoms with Gasteiger partial charge in [0.2, 0.25) is 5.88 Å². The molecule has 0 amide bonds. The standard InChI is InChI=1S/C25H29N3O6/c29-18-33-12-11-31-8-7-30-9-10-32-13-14-34-25-4-2-20(16-27-25)19-1-3-21-22-17-26-6-5-23(22)28-24(21)15-19/h1-6,15-17,28-29H,7-14,18H2. The summed E-state index contributed by atoms with van der Waals surface area (Å²) in [5.41, 5.74) is 4.25. The fourth-order valence-corrected chi connectivity index (χ4v) is 3.49. The number of nitrogens with zero attached hydrogens (tertiary/aromatic N) is 2. The third kappa shape index (κ3) is 6.72. The third-order valence-corrected chi connectivity index (χ3v) is 5.15. The predicted octanol–water partition coefficient (Wildman–Crippen LogP) is 3.17. The highest BCUT2D eigenvalue weighted by molar-refractivity contribution is 6.07. The van der Waals surface area contributed by atoms with Gasteiger partial charge in [-0.15, -0.1) is 0 Å². The summed E-state index contributed by atoms with van der Waals surface area (Å²) < 4.78 is 26.6. The minimum absolute atomic E-state index is 0.288. The Balaban J connectivity index is 1.13. The summed E-state index contributed by atoms with van der Waals surface area (Å²) in [6.45, 7) is 3.32. The van der Waals surface area contributed by atoms with Crippen LogP contribution in [0.2, 0.25) is 0 Å². The summed E-state index contributed by atoms with van der Waals surface area (Å²) in [6, 6.07) is 12.2. The maximum absolute atomic E-state index is 8.46. The summed E-state index contributed by atoms with van der Waals surface area (Å²) in [6.07, 6.45) is 5.48. The topological polar surface area (TPSA) is 108 Å². The summed E-state index contributed by atoms with van der Waals surface area (Å²) >= 11 is 0. The van der Waals surface area contributed by atoms with E-state index in [-0.39, 0.29) is 6.79 Å². The number of benzene rings is 1. The number of aliphatic hydroxyl groups is 1. The van der Waals surface area contributed by atoms with Crippen LogP contribution in [0.25, 0.3) is 32.9 Å². The summed E-state index contributed by atoms with van der Waals surface area (Å²) in [5.74, 6) is 0.559. The molecule has 180 valence electrons. The minimum atomic E-state index is -0.288. The first-order chi connectivity index (χ1) is 16.8. The first kappa shape index (κ1) is 24.1. The summed E-state index contributed by atoms with van der Waals surface area (Å²) in [5, 5.41) is 10.7. The number of aromatic amines is 1. The van der Waals surface area contributed by atoms with Crippen LogP contribution < -0.4 is 4.74 Å². The molecule has 3 heterocycles. The molecule has 1 aromatic carbocycles. The van der Waals surface area contributed by atoms with Crippen LogP contribution in [0.5, 0.6) is 5.88 Å². The zero-order valence-electron chi connectivity index (χ0n) is 18.9. The first-order valence-electron chi connectivity index (χ1n) is 11.2. The van der Waals surface area contributed by atoms with Gasteiger partial charge in [-0.1, -0.05) is 12.1 Å². The molecule has 0 radical (unpaired) electrons. The van der Waals surface area contributed by atoms with Gasteiger partial charge in [0, 0.05) is 52.0 Å². The van der Waals surface area contributed by atoms with E-state index in [0.29, 0.717) is 58.7 Å². The number of aliphatic hydroxyl groups excluding tert-OH is 1. The third-order valence-electron chi connectivity index (χ3n) is 5.15. The smallest absolute Gasteiger partial charge is 0.213 e. The molecule has 0 bridgehead atoms. The zero-order chi connectivity index (χ0) is 23.4. The quantitative estimate of drug-likeness (QED) is 0.203. The van der Waals surface area contributed by atoms with Crippen molar-refractivity contribution < 1.29 is 28.8 Å². The van der Waals surface area contributed by atoms with E-state index in [1.807, 2.05) is 30.6 Å². The van der Waals surface area contributed by atoms with Crippen molar-refractivity contribution in [3.63, 3.8) is 0 Å². The molecule has 0 atom stereocenters. The Morgan fingerprint density at radius 2 is 1.38 bits per heavy atom. The molecule has 0 aliphatic carbocycles. The van der Waals surface area contributed by atoms with Gasteiger partial charge in [-0.2, -0.15) is 0 Å². The Bertz CT molecular complexity index is 1150. The van der Waals surface area contributed by atoms with Gasteiger partial charge in [0.25, 0.3) is 0 Å². The number of ether oxygens (including phenoxy) is 5. The maximum Gasteiger partial charge on any atom is 0.213 e. The molecule has 0 aliphatic rings. The van der Waals surface area contributed by atoms with E-state index < -0.39 is 0 Å². The predicted molar refractivity (Wildman–Crippen MR) is 128 cm³/mol. The average molecular weight is 468 g/mol. The Morgan fingerprint density at radius 1 is 0.676 bits per heavy atom. The van der Waals surface area contributed by atoms with Crippen LogP contribution in [-0.2, 0) is 18.9 Å². The molecule has 0 spiro atoms. The lowest BCUT2D eigenvalue weighted by molar-refractivity contribution is -0.0399. The van der Waals surface area contributed by atoms with Crippen molar-refractivity contribution in [1.29, 1.82) is 0 Å². The van der Waals surface area contributed by atoms with E-state index >= 15 is 0 Å². The number of nitrogens with one attached hydrogen (secondary N) is 1. The lowest BCUT2D eigenvalue weighted by Crippen LogP contribution is -2.14. The highest BCUT2D eigenvalue weighted by atomic mass is 16.6. The fraction of sp³-hybridized carbons (Fsp3) is 0.360. The van der Waals surface area contributed by atoms with Gasteiger partial charge in [0.05, 0.1) is 46.2 Å². The van der Waals surface area contributed by atoms with Crippen LogP contribution in [0, 0.1) is 0 Å². The monoisotopic (exact) mass is 467 g/mol. The lowest BCUT2D eigenvalue weighted by Gasteiger charge is -2.08. The van der Waals surface area contributed by atoms with Crippen molar-refractivity contribution in [1.82, 2.24) is 15.0 Å². The number of hydrogen-bond acceptors (Lipinski definition) is 8. The van der Waals surface area contributed by atoms with Crippen LogP contribution in [0.4, 0.5) is 0 Å². The second-order valence-corrected chi connectivity index (χ2v) is 7.41. The average Bonchev–Trinajstić information content (AvgIpc) is 3.25. The van der Waals surface area contributed by atoms with E-state index in [9.17, 15) is 0 Å². The molecule has 4 rings (SSSR count). The SMILES string of the molecule is OCOCCOCCOCCOCCOc1ccc(-c2ccc3c(c2)[nH]c2ccncc23)cn1. The Hall–Kier alpha value is -3.08.